The average molecular weight is 248 g/mol. The van der Waals surface area contributed by atoms with Gasteiger partial charge in [0.2, 0.25) is 5.91 Å². The highest BCUT2D eigenvalue weighted by Crippen LogP contribution is 2.26. The Balaban J connectivity index is 5.38. The topological polar surface area (TPSA) is 55.4 Å². The number of carbonyl (C=O) groups is 2. The first-order valence-electron chi connectivity index (χ1n) is 4.89. The van der Waals surface area contributed by atoms with Gasteiger partial charge >= 0.3 is 0 Å². The molecule has 0 aromatic heterocycles. The number of hydrogen-bond acceptors (Lipinski definition) is 3. The van der Waals surface area contributed by atoms with Crippen molar-refractivity contribution in [3.05, 3.63) is 11.5 Å². The Morgan fingerprint density at radius 2 is 1.81 bits per heavy atom. The van der Waals surface area contributed by atoms with E-state index >= 15 is 0 Å². The second-order valence-electron chi connectivity index (χ2n) is 4.40. The summed E-state index contributed by atoms with van der Waals surface area (Å²) in [5, 5.41) is 2.60. The Bertz CT molecular complexity index is 316. The number of allylic oxidation sites excluding steroid dienone is 2. The predicted molar refractivity (Wildman–Crippen MR) is 63.0 cm³/mol. The number of hydrogen-bond donors (Lipinski definition) is 1. The number of amides is 1. The van der Waals surface area contributed by atoms with Crippen molar-refractivity contribution >= 4 is 23.3 Å². The first-order chi connectivity index (χ1) is 7.23. The highest BCUT2D eigenvalue weighted by atomic mass is 35.5. The fourth-order valence-corrected chi connectivity index (χ4v) is 1.25. The van der Waals surface area contributed by atoms with Crippen LogP contribution in [-0.2, 0) is 14.3 Å². The second-order valence-corrected chi connectivity index (χ2v) is 4.66. The number of alkyl halides is 1. The van der Waals surface area contributed by atoms with Gasteiger partial charge < -0.3 is 10.1 Å². The van der Waals surface area contributed by atoms with Crippen LogP contribution in [-0.4, -0.2) is 24.7 Å². The summed E-state index contributed by atoms with van der Waals surface area (Å²) in [4.78, 5) is 22.6. The molecule has 0 radical (unpaired) electrons. The van der Waals surface area contributed by atoms with Crippen LogP contribution in [0.2, 0.25) is 0 Å². The number of nitrogens with one attached hydrogen (secondary N) is 1. The highest BCUT2D eigenvalue weighted by molar-refractivity contribution is 6.27. The van der Waals surface area contributed by atoms with Gasteiger partial charge in [-0.15, -0.1) is 11.6 Å². The van der Waals surface area contributed by atoms with Crippen LogP contribution >= 0.6 is 11.6 Å². The number of rotatable bonds is 4. The van der Waals surface area contributed by atoms with Gasteiger partial charge in [0.25, 0.3) is 0 Å². The largest absolute Gasteiger partial charge is 0.491 e. The molecule has 0 heterocycles. The van der Waals surface area contributed by atoms with Crippen molar-refractivity contribution in [2.75, 3.05) is 13.0 Å². The van der Waals surface area contributed by atoms with Gasteiger partial charge in [0.05, 0.1) is 12.8 Å². The molecule has 92 valence electrons. The lowest BCUT2D eigenvalue weighted by atomic mass is 9.90. The number of Topliss-reactive ketones (excluding diaryl/α,β-unsaturated/α-hetero) is 1. The molecule has 0 bridgehead atoms. The molecule has 0 aromatic carbocycles. The molecule has 0 unspecified atom stereocenters. The van der Waals surface area contributed by atoms with Crippen molar-refractivity contribution < 1.29 is 14.3 Å². The fourth-order valence-electron chi connectivity index (χ4n) is 1.18. The molecule has 0 aliphatic heterocycles. The maximum absolute atomic E-state index is 11.4. The van der Waals surface area contributed by atoms with Crippen LogP contribution < -0.4 is 5.32 Å². The zero-order valence-corrected chi connectivity index (χ0v) is 11.1. The first kappa shape index (κ1) is 15.0. The van der Waals surface area contributed by atoms with Crippen LogP contribution in [0.4, 0.5) is 0 Å². The van der Waals surface area contributed by atoms with Gasteiger partial charge in [-0.3, -0.25) is 9.59 Å². The molecular formula is C11H18ClNO3. The van der Waals surface area contributed by atoms with E-state index in [2.05, 4.69) is 5.32 Å². The van der Waals surface area contributed by atoms with Crippen LogP contribution in [0, 0.1) is 5.41 Å². The minimum atomic E-state index is -0.404. The second kappa shape index (κ2) is 5.89. The fraction of sp³-hybridized carbons (Fsp3) is 0.636. The average Bonchev–Trinajstić information content (AvgIpc) is 2.15. The van der Waals surface area contributed by atoms with E-state index in [1.54, 1.807) is 0 Å². The number of carbonyl (C=O) groups excluding carboxylic acids is 2. The van der Waals surface area contributed by atoms with Crippen molar-refractivity contribution in [2.24, 2.45) is 5.41 Å². The van der Waals surface area contributed by atoms with Gasteiger partial charge in [0, 0.05) is 12.3 Å². The highest BCUT2D eigenvalue weighted by Gasteiger charge is 2.26. The van der Waals surface area contributed by atoms with Gasteiger partial charge in [-0.1, -0.05) is 20.8 Å². The monoisotopic (exact) mass is 247 g/mol. The molecule has 1 N–H and O–H groups in total. The predicted octanol–water partition coefficient (Wildman–Crippen LogP) is 1.83. The summed E-state index contributed by atoms with van der Waals surface area (Å²) in [7, 11) is 1.40. The molecule has 4 nitrogen and oxygen atoms in total. The van der Waals surface area contributed by atoms with E-state index in [4.69, 9.17) is 16.3 Å². The lowest BCUT2D eigenvalue weighted by molar-refractivity contribution is -0.118. The molecule has 0 aliphatic carbocycles. The molecule has 0 spiro atoms. The summed E-state index contributed by atoms with van der Waals surface area (Å²) >= 11 is 5.41. The van der Waals surface area contributed by atoms with Gasteiger partial charge in [0.15, 0.2) is 11.5 Å². The number of methoxy groups -OCH3 is 1. The first-order valence-corrected chi connectivity index (χ1v) is 5.43. The molecule has 0 atom stereocenters. The smallest absolute Gasteiger partial charge is 0.239 e. The van der Waals surface area contributed by atoms with Crippen molar-refractivity contribution in [3.8, 4) is 0 Å². The molecule has 0 fully saturated rings. The molecule has 0 saturated heterocycles. The van der Waals surface area contributed by atoms with Crippen LogP contribution in [0.25, 0.3) is 0 Å². The Morgan fingerprint density at radius 3 is 2.06 bits per heavy atom. The number of ketones is 1. The molecule has 0 aromatic rings. The molecule has 16 heavy (non-hydrogen) atoms. The summed E-state index contributed by atoms with van der Waals surface area (Å²) in [6.07, 6.45) is 0. The molecule has 0 saturated carbocycles. The molecular weight excluding hydrogens is 230 g/mol. The van der Waals surface area contributed by atoms with E-state index in [-0.39, 0.29) is 23.3 Å². The van der Waals surface area contributed by atoms with Crippen LogP contribution in [0.1, 0.15) is 27.7 Å². The summed E-state index contributed by atoms with van der Waals surface area (Å²) < 4.78 is 5.02. The quantitative estimate of drug-likeness (QED) is 0.469. The lowest BCUT2D eigenvalue weighted by Gasteiger charge is -2.25. The Hall–Kier alpha value is -1.03. The maximum atomic E-state index is 11.4. The van der Waals surface area contributed by atoms with Crippen molar-refractivity contribution in [1.82, 2.24) is 5.32 Å². The van der Waals surface area contributed by atoms with E-state index in [1.165, 1.54) is 14.0 Å². The third kappa shape index (κ3) is 4.23. The zero-order chi connectivity index (χ0) is 12.9. The van der Waals surface area contributed by atoms with E-state index < -0.39 is 5.41 Å². The minimum Gasteiger partial charge on any atom is -0.491 e. The summed E-state index contributed by atoms with van der Waals surface area (Å²) in [5.41, 5.74) is 0.0480. The van der Waals surface area contributed by atoms with Crippen molar-refractivity contribution in [3.63, 3.8) is 0 Å². The standard InChI is InChI=1S/C11H18ClNO3/c1-7(14)9(16-5)10(11(2,3)4)13-8(15)6-12/h6H2,1-5H3,(H,13,15)/b10-9+. The van der Waals surface area contributed by atoms with E-state index in [9.17, 15) is 9.59 Å². The third-order valence-corrected chi connectivity index (χ3v) is 2.13. The lowest BCUT2D eigenvalue weighted by Crippen LogP contribution is -2.33. The Kier molecular flexibility index (Phi) is 5.51. The SMILES string of the molecule is CO/C(C(C)=O)=C(/NC(=O)CCl)C(C)(C)C. The van der Waals surface area contributed by atoms with Gasteiger partial charge in [-0.25, -0.2) is 0 Å². The maximum Gasteiger partial charge on any atom is 0.239 e. The molecule has 5 heteroatoms. The summed E-state index contributed by atoms with van der Waals surface area (Å²) in [6.45, 7) is 7.01. The van der Waals surface area contributed by atoms with Crippen LogP contribution in [0.3, 0.4) is 0 Å². The van der Waals surface area contributed by atoms with Crippen LogP contribution in [0.5, 0.6) is 0 Å². The number of ether oxygens (including phenoxy) is 1. The van der Waals surface area contributed by atoms with E-state index in [1.807, 2.05) is 20.8 Å². The van der Waals surface area contributed by atoms with Crippen molar-refractivity contribution in [2.45, 2.75) is 27.7 Å². The normalized spacial score (nSPS) is 12.9. The number of halogens is 1. The van der Waals surface area contributed by atoms with Gasteiger partial charge in [0.1, 0.15) is 5.88 Å². The molecule has 0 rings (SSSR count). The third-order valence-electron chi connectivity index (χ3n) is 1.89. The Morgan fingerprint density at radius 1 is 1.31 bits per heavy atom. The van der Waals surface area contributed by atoms with E-state index in [0.717, 1.165) is 0 Å². The molecule has 1 amide bonds. The minimum absolute atomic E-state index is 0.158. The van der Waals surface area contributed by atoms with Crippen LogP contribution in [0.15, 0.2) is 11.5 Å². The van der Waals surface area contributed by atoms with Crippen molar-refractivity contribution in [1.29, 1.82) is 0 Å². The molecule has 0 aliphatic rings. The zero-order valence-electron chi connectivity index (χ0n) is 10.3. The van der Waals surface area contributed by atoms with Gasteiger partial charge in [-0.2, -0.15) is 0 Å². The van der Waals surface area contributed by atoms with Gasteiger partial charge in [-0.05, 0) is 0 Å². The Labute approximate surface area is 101 Å². The summed E-state index contributed by atoms with van der Waals surface area (Å²) in [6, 6.07) is 0. The van der Waals surface area contributed by atoms with E-state index in [0.29, 0.717) is 5.70 Å². The summed E-state index contributed by atoms with van der Waals surface area (Å²) in [5.74, 6) is -0.593.